The molecule has 0 saturated carbocycles. The number of tetrazole rings is 1. The zero-order valence-corrected chi connectivity index (χ0v) is 15.0. The zero-order valence-electron chi connectivity index (χ0n) is 15.0. The van der Waals surface area contributed by atoms with Crippen LogP contribution in [-0.2, 0) is 6.54 Å². The number of benzene rings is 1. The van der Waals surface area contributed by atoms with Gasteiger partial charge in [0.25, 0.3) is 0 Å². The molecule has 0 bridgehead atoms. The number of hydrogen-bond acceptors (Lipinski definition) is 7. The van der Waals surface area contributed by atoms with E-state index in [1.807, 2.05) is 38.1 Å². The lowest BCUT2D eigenvalue weighted by atomic mass is 10.3. The van der Waals surface area contributed by atoms with Crippen molar-refractivity contribution in [1.82, 2.24) is 30.0 Å². The van der Waals surface area contributed by atoms with Crippen molar-refractivity contribution in [2.45, 2.75) is 26.5 Å². The van der Waals surface area contributed by atoms with Crippen molar-refractivity contribution in [3.63, 3.8) is 0 Å². The average Bonchev–Trinajstić information content (AvgIpc) is 3.05. The topological polar surface area (TPSA) is 85.3 Å². The third-order valence-electron chi connectivity index (χ3n) is 4.26. The summed E-state index contributed by atoms with van der Waals surface area (Å²) in [5.74, 6) is 1.70. The highest BCUT2D eigenvalue weighted by atomic mass is 16.5. The molecular weight excluding hydrogens is 318 g/mol. The lowest BCUT2D eigenvalue weighted by Crippen LogP contribution is -2.47. The summed E-state index contributed by atoms with van der Waals surface area (Å²) in [6, 6.07) is 7.87. The first-order valence-electron chi connectivity index (χ1n) is 8.85. The fourth-order valence-corrected chi connectivity index (χ4v) is 3.00. The van der Waals surface area contributed by atoms with Crippen LogP contribution in [0, 0.1) is 0 Å². The molecule has 136 valence electrons. The minimum atomic E-state index is 0.160. The summed E-state index contributed by atoms with van der Waals surface area (Å²) in [6.45, 7) is 10.6. The van der Waals surface area contributed by atoms with Gasteiger partial charge in [-0.05, 0) is 48.5 Å². The smallest absolute Gasteiger partial charge is 0.170 e. The minimum Gasteiger partial charge on any atom is -0.491 e. The van der Waals surface area contributed by atoms with E-state index >= 15 is 0 Å². The molecule has 2 heterocycles. The van der Waals surface area contributed by atoms with Crippen LogP contribution in [-0.4, -0.2) is 75.4 Å². The maximum Gasteiger partial charge on any atom is 0.170 e. The second-order valence-electron chi connectivity index (χ2n) is 6.57. The monoisotopic (exact) mass is 345 g/mol. The van der Waals surface area contributed by atoms with Crippen LogP contribution in [0.4, 0.5) is 0 Å². The number of aromatic nitrogens is 4. The van der Waals surface area contributed by atoms with Gasteiger partial charge in [-0.3, -0.25) is 9.80 Å². The van der Waals surface area contributed by atoms with E-state index in [0.717, 1.165) is 63.1 Å². The molecular formula is C17H27N7O. The summed E-state index contributed by atoms with van der Waals surface area (Å²) in [4.78, 5) is 4.78. The van der Waals surface area contributed by atoms with E-state index < -0.39 is 0 Å². The number of rotatable bonds is 7. The van der Waals surface area contributed by atoms with Crippen LogP contribution >= 0.6 is 0 Å². The lowest BCUT2D eigenvalue weighted by Gasteiger charge is -2.33. The van der Waals surface area contributed by atoms with Crippen molar-refractivity contribution in [3.05, 3.63) is 30.1 Å². The number of piperazine rings is 1. The van der Waals surface area contributed by atoms with Gasteiger partial charge in [-0.25, -0.2) is 0 Å². The Morgan fingerprint density at radius 2 is 1.76 bits per heavy atom. The Bertz CT molecular complexity index is 647. The third-order valence-corrected chi connectivity index (χ3v) is 4.26. The number of nitrogens with zero attached hydrogens (tertiary/aromatic N) is 6. The number of ether oxygens (including phenoxy) is 1. The molecule has 2 aromatic rings. The average molecular weight is 345 g/mol. The Hall–Kier alpha value is -2.03. The molecule has 8 nitrogen and oxygen atoms in total. The predicted molar refractivity (Wildman–Crippen MR) is 95.7 cm³/mol. The Kier molecular flexibility index (Phi) is 5.95. The van der Waals surface area contributed by atoms with Crippen molar-refractivity contribution < 1.29 is 4.74 Å². The highest BCUT2D eigenvalue weighted by Crippen LogP contribution is 2.17. The van der Waals surface area contributed by atoms with Gasteiger partial charge in [-0.15, -0.1) is 5.10 Å². The highest BCUT2D eigenvalue weighted by molar-refractivity contribution is 5.37. The summed E-state index contributed by atoms with van der Waals surface area (Å²) in [5.41, 5.74) is 6.57. The Morgan fingerprint density at radius 3 is 2.40 bits per heavy atom. The molecule has 1 saturated heterocycles. The highest BCUT2D eigenvalue weighted by Gasteiger charge is 2.19. The van der Waals surface area contributed by atoms with E-state index in [1.165, 1.54) is 0 Å². The summed E-state index contributed by atoms with van der Waals surface area (Å²) in [5, 5.41) is 12.2. The van der Waals surface area contributed by atoms with Crippen LogP contribution in [0.2, 0.25) is 0 Å². The maximum atomic E-state index is 5.69. The molecule has 1 fully saturated rings. The molecule has 1 aliphatic rings. The van der Waals surface area contributed by atoms with Gasteiger partial charge in [-0.2, -0.15) is 4.68 Å². The summed E-state index contributed by atoms with van der Waals surface area (Å²) < 4.78 is 7.48. The molecule has 0 spiro atoms. The fourth-order valence-electron chi connectivity index (χ4n) is 3.00. The molecule has 0 amide bonds. The van der Waals surface area contributed by atoms with Crippen molar-refractivity contribution in [1.29, 1.82) is 0 Å². The van der Waals surface area contributed by atoms with Gasteiger partial charge in [0.1, 0.15) is 5.75 Å². The third kappa shape index (κ3) is 4.75. The Morgan fingerprint density at radius 1 is 1.08 bits per heavy atom. The molecule has 0 unspecified atom stereocenters. The maximum absolute atomic E-state index is 5.69. The van der Waals surface area contributed by atoms with Crippen molar-refractivity contribution in [3.8, 4) is 11.4 Å². The van der Waals surface area contributed by atoms with E-state index in [-0.39, 0.29) is 6.10 Å². The van der Waals surface area contributed by atoms with Crippen molar-refractivity contribution in [2.75, 3.05) is 39.3 Å². The van der Waals surface area contributed by atoms with Gasteiger partial charge in [0, 0.05) is 39.3 Å². The van der Waals surface area contributed by atoms with Gasteiger partial charge in [-0.1, -0.05) is 0 Å². The molecule has 1 aliphatic heterocycles. The lowest BCUT2D eigenvalue weighted by molar-refractivity contribution is 0.127. The van der Waals surface area contributed by atoms with Gasteiger partial charge >= 0.3 is 0 Å². The van der Waals surface area contributed by atoms with E-state index in [9.17, 15) is 0 Å². The van der Waals surface area contributed by atoms with Gasteiger partial charge in [0.05, 0.1) is 18.3 Å². The SMILES string of the molecule is CC(C)Oc1ccc(-n2nnnc2CN2CCN(CCN)CC2)cc1. The molecule has 1 aromatic carbocycles. The molecule has 3 rings (SSSR count). The predicted octanol–water partition coefficient (Wildman–Crippen LogP) is 0.526. The Balaban J connectivity index is 1.63. The van der Waals surface area contributed by atoms with E-state index in [4.69, 9.17) is 10.5 Å². The van der Waals surface area contributed by atoms with E-state index in [2.05, 4.69) is 25.3 Å². The summed E-state index contributed by atoms with van der Waals surface area (Å²) in [6.07, 6.45) is 0.160. The van der Waals surface area contributed by atoms with Crippen LogP contribution in [0.25, 0.3) is 5.69 Å². The minimum absolute atomic E-state index is 0.160. The van der Waals surface area contributed by atoms with Crippen LogP contribution in [0.5, 0.6) is 5.75 Å². The van der Waals surface area contributed by atoms with Gasteiger partial charge < -0.3 is 10.5 Å². The fraction of sp³-hybridized carbons (Fsp3) is 0.588. The summed E-state index contributed by atoms with van der Waals surface area (Å²) in [7, 11) is 0. The first-order chi connectivity index (χ1) is 12.2. The second-order valence-corrected chi connectivity index (χ2v) is 6.57. The van der Waals surface area contributed by atoms with Crippen LogP contribution in [0.15, 0.2) is 24.3 Å². The zero-order chi connectivity index (χ0) is 17.6. The van der Waals surface area contributed by atoms with Crippen molar-refractivity contribution >= 4 is 0 Å². The van der Waals surface area contributed by atoms with Gasteiger partial charge in [0.2, 0.25) is 0 Å². The molecule has 0 radical (unpaired) electrons. The van der Waals surface area contributed by atoms with E-state index in [0.29, 0.717) is 0 Å². The largest absolute Gasteiger partial charge is 0.491 e. The van der Waals surface area contributed by atoms with Crippen LogP contribution in [0.1, 0.15) is 19.7 Å². The molecule has 8 heteroatoms. The van der Waals surface area contributed by atoms with E-state index in [1.54, 1.807) is 4.68 Å². The number of nitrogens with two attached hydrogens (primary N) is 1. The van der Waals surface area contributed by atoms with Crippen molar-refractivity contribution in [2.24, 2.45) is 5.73 Å². The molecule has 25 heavy (non-hydrogen) atoms. The van der Waals surface area contributed by atoms with Gasteiger partial charge in [0.15, 0.2) is 5.82 Å². The first-order valence-corrected chi connectivity index (χ1v) is 8.85. The quantitative estimate of drug-likeness (QED) is 0.783. The molecule has 0 atom stereocenters. The number of hydrogen-bond donors (Lipinski definition) is 1. The first kappa shape index (κ1) is 17.8. The molecule has 1 aromatic heterocycles. The normalized spacial score (nSPS) is 16.5. The molecule has 2 N–H and O–H groups in total. The Labute approximate surface area is 148 Å². The molecule has 0 aliphatic carbocycles. The van der Waals surface area contributed by atoms with Crippen LogP contribution in [0.3, 0.4) is 0 Å². The standard InChI is InChI=1S/C17H27N7O/c1-14(2)25-16-5-3-15(4-6-16)24-17(19-20-21-24)13-23-11-9-22(8-7-18)10-12-23/h3-6,14H,7-13,18H2,1-2H3. The van der Waals surface area contributed by atoms with Crippen LogP contribution < -0.4 is 10.5 Å². The summed E-state index contributed by atoms with van der Waals surface area (Å²) >= 11 is 0. The second kappa shape index (κ2) is 8.37.